The third-order valence-electron chi connectivity index (χ3n) is 4.13. The number of nitrogens with two attached hydrogens (primary N) is 1. The minimum atomic E-state index is 0.248. The quantitative estimate of drug-likeness (QED) is 0.825. The van der Waals surface area contributed by atoms with Gasteiger partial charge >= 0.3 is 0 Å². The van der Waals surface area contributed by atoms with Gasteiger partial charge in [-0.3, -0.25) is 0 Å². The van der Waals surface area contributed by atoms with Crippen molar-refractivity contribution in [3.05, 3.63) is 6.33 Å². The van der Waals surface area contributed by atoms with Crippen LogP contribution in [0.15, 0.2) is 6.33 Å². The topological polar surface area (TPSA) is 64.3 Å². The minimum absolute atomic E-state index is 0.248. The van der Waals surface area contributed by atoms with Crippen LogP contribution in [-0.4, -0.2) is 29.2 Å². The molecule has 0 aliphatic heterocycles. The number of hydrogen-bond donors (Lipinski definition) is 1. The second kappa shape index (κ2) is 8.37. The van der Waals surface area contributed by atoms with Crippen molar-refractivity contribution in [2.75, 3.05) is 23.7 Å². The normalized spacial score (nSPS) is 16.1. The average Bonchev–Trinajstić information content (AvgIpc) is 2.49. The third-order valence-corrected chi connectivity index (χ3v) is 4.13. The Hall–Kier alpha value is -1.52. The fourth-order valence-electron chi connectivity index (χ4n) is 3.19. The number of nitrogen functional groups attached to an aromatic ring is 1. The van der Waals surface area contributed by atoms with Crippen LogP contribution in [0.5, 0.6) is 5.88 Å². The molecule has 0 spiro atoms. The van der Waals surface area contributed by atoms with Crippen molar-refractivity contribution in [3.8, 4) is 5.88 Å². The second-order valence-corrected chi connectivity index (χ2v) is 7.49. The lowest BCUT2D eigenvalue weighted by Crippen LogP contribution is -2.33. The third kappa shape index (κ3) is 5.26. The van der Waals surface area contributed by atoms with E-state index in [4.69, 9.17) is 10.5 Å². The molecule has 1 heterocycles. The van der Waals surface area contributed by atoms with Gasteiger partial charge in [0.25, 0.3) is 0 Å². The van der Waals surface area contributed by atoms with Crippen LogP contribution < -0.4 is 15.4 Å². The summed E-state index contributed by atoms with van der Waals surface area (Å²) in [4.78, 5) is 11.0. The fourth-order valence-corrected chi connectivity index (χ4v) is 3.19. The van der Waals surface area contributed by atoms with Gasteiger partial charge in [-0.15, -0.1) is 0 Å². The molecule has 0 aromatic carbocycles. The van der Waals surface area contributed by atoms with Crippen LogP contribution in [0.2, 0.25) is 0 Å². The van der Waals surface area contributed by atoms with Gasteiger partial charge in [-0.25, -0.2) is 4.98 Å². The van der Waals surface area contributed by atoms with E-state index in [1.807, 2.05) is 0 Å². The predicted octanol–water partition coefficient (Wildman–Crippen LogP) is 3.89. The maximum Gasteiger partial charge on any atom is 0.242 e. The van der Waals surface area contributed by atoms with E-state index in [0.29, 0.717) is 23.4 Å². The molecule has 1 fully saturated rings. The highest BCUT2D eigenvalue weighted by Gasteiger charge is 2.21. The van der Waals surface area contributed by atoms with Crippen molar-refractivity contribution in [3.63, 3.8) is 0 Å². The monoisotopic (exact) mass is 320 g/mol. The maximum atomic E-state index is 6.36. The molecule has 2 rings (SSSR count). The van der Waals surface area contributed by atoms with Crippen LogP contribution in [0.25, 0.3) is 0 Å². The lowest BCUT2D eigenvalue weighted by Gasteiger charge is -2.29. The summed E-state index contributed by atoms with van der Waals surface area (Å²) in [7, 11) is 0. The Bertz CT molecular complexity index is 474. The molecular weight excluding hydrogens is 288 g/mol. The highest BCUT2D eigenvalue weighted by Crippen LogP contribution is 2.31. The Morgan fingerprint density at radius 1 is 1.09 bits per heavy atom. The van der Waals surface area contributed by atoms with Gasteiger partial charge in [-0.2, -0.15) is 4.98 Å². The highest BCUT2D eigenvalue weighted by atomic mass is 16.5. The first-order valence-corrected chi connectivity index (χ1v) is 8.99. The molecule has 0 atom stereocenters. The lowest BCUT2D eigenvalue weighted by atomic mass is 9.98. The Balaban J connectivity index is 2.17. The van der Waals surface area contributed by atoms with Crippen molar-refractivity contribution >= 4 is 11.5 Å². The molecule has 1 aliphatic rings. The highest BCUT2D eigenvalue weighted by molar-refractivity contribution is 5.67. The molecule has 0 amide bonds. The molecule has 1 aromatic rings. The number of hydrogen-bond acceptors (Lipinski definition) is 5. The van der Waals surface area contributed by atoms with Crippen molar-refractivity contribution in [1.29, 1.82) is 0 Å². The molecule has 0 saturated heterocycles. The van der Waals surface area contributed by atoms with Crippen molar-refractivity contribution < 1.29 is 4.74 Å². The lowest BCUT2D eigenvalue weighted by molar-refractivity contribution is 0.149. The van der Waals surface area contributed by atoms with Crippen LogP contribution in [0.4, 0.5) is 11.5 Å². The van der Waals surface area contributed by atoms with Gasteiger partial charge < -0.3 is 15.4 Å². The van der Waals surface area contributed by atoms with Crippen molar-refractivity contribution in [2.24, 2.45) is 11.8 Å². The summed E-state index contributed by atoms with van der Waals surface area (Å²) in [5, 5.41) is 0. The first-order chi connectivity index (χ1) is 11.0. The predicted molar refractivity (Wildman–Crippen MR) is 95.8 cm³/mol. The molecule has 0 bridgehead atoms. The molecular formula is C18H32N4O. The Labute approximate surface area is 140 Å². The Kier molecular flexibility index (Phi) is 6.48. The number of ether oxygens (including phenoxy) is 1. The van der Waals surface area contributed by atoms with E-state index in [2.05, 4.69) is 42.6 Å². The molecule has 130 valence electrons. The number of anilines is 2. The molecule has 0 radical (unpaired) electrons. The van der Waals surface area contributed by atoms with E-state index >= 15 is 0 Å². The van der Waals surface area contributed by atoms with Crippen molar-refractivity contribution in [1.82, 2.24) is 9.97 Å². The molecule has 23 heavy (non-hydrogen) atoms. The summed E-state index contributed by atoms with van der Waals surface area (Å²) >= 11 is 0. The van der Waals surface area contributed by atoms with Gasteiger partial charge in [0.2, 0.25) is 5.88 Å². The Morgan fingerprint density at radius 3 is 2.26 bits per heavy atom. The van der Waals surface area contributed by atoms with E-state index < -0.39 is 0 Å². The summed E-state index contributed by atoms with van der Waals surface area (Å²) in [6.07, 6.45) is 7.79. The molecule has 0 unspecified atom stereocenters. The summed E-state index contributed by atoms with van der Waals surface area (Å²) < 4.78 is 6.08. The molecule has 5 heteroatoms. The van der Waals surface area contributed by atoms with Gasteiger partial charge in [0.1, 0.15) is 18.1 Å². The number of rotatable bonds is 7. The SMILES string of the molecule is CC(C)CN(CC(C)C)c1ncnc(OC2CCCCC2)c1N. The molecule has 2 N–H and O–H groups in total. The summed E-state index contributed by atoms with van der Waals surface area (Å²) in [5.41, 5.74) is 6.94. The Morgan fingerprint density at radius 2 is 1.70 bits per heavy atom. The molecule has 1 aromatic heterocycles. The van der Waals surface area contributed by atoms with Crippen LogP contribution >= 0.6 is 0 Å². The van der Waals surface area contributed by atoms with E-state index in [9.17, 15) is 0 Å². The van der Waals surface area contributed by atoms with Crippen LogP contribution in [0.1, 0.15) is 59.8 Å². The van der Waals surface area contributed by atoms with E-state index in [1.165, 1.54) is 19.3 Å². The standard InChI is InChI=1S/C18H32N4O/c1-13(2)10-22(11-14(3)4)17-16(19)18(21-12-20-17)23-15-8-6-5-7-9-15/h12-15H,5-11,19H2,1-4H3. The van der Waals surface area contributed by atoms with Gasteiger partial charge in [0.15, 0.2) is 5.82 Å². The van der Waals surface area contributed by atoms with Crippen LogP contribution in [0.3, 0.4) is 0 Å². The first kappa shape index (κ1) is 17.8. The van der Waals surface area contributed by atoms with E-state index in [-0.39, 0.29) is 6.10 Å². The van der Waals surface area contributed by atoms with Crippen LogP contribution in [0, 0.1) is 11.8 Å². The minimum Gasteiger partial charge on any atom is -0.473 e. The summed E-state index contributed by atoms with van der Waals surface area (Å²) in [6.45, 7) is 10.7. The van der Waals surface area contributed by atoms with Gasteiger partial charge in [0.05, 0.1) is 0 Å². The largest absolute Gasteiger partial charge is 0.473 e. The second-order valence-electron chi connectivity index (χ2n) is 7.49. The molecule has 1 aliphatic carbocycles. The zero-order valence-corrected chi connectivity index (χ0v) is 15.1. The molecule has 5 nitrogen and oxygen atoms in total. The first-order valence-electron chi connectivity index (χ1n) is 8.99. The maximum absolute atomic E-state index is 6.36. The number of nitrogens with zero attached hydrogens (tertiary/aromatic N) is 3. The van der Waals surface area contributed by atoms with E-state index in [0.717, 1.165) is 31.7 Å². The van der Waals surface area contributed by atoms with E-state index in [1.54, 1.807) is 6.33 Å². The average molecular weight is 320 g/mol. The zero-order chi connectivity index (χ0) is 16.8. The fraction of sp³-hybridized carbons (Fsp3) is 0.778. The summed E-state index contributed by atoms with van der Waals surface area (Å²) in [5.74, 6) is 2.46. The van der Waals surface area contributed by atoms with Crippen molar-refractivity contribution in [2.45, 2.75) is 65.9 Å². The van der Waals surface area contributed by atoms with Gasteiger partial charge in [-0.05, 0) is 37.5 Å². The van der Waals surface area contributed by atoms with Gasteiger partial charge in [0, 0.05) is 13.1 Å². The molecule has 1 saturated carbocycles. The zero-order valence-electron chi connectivity index (χ0n) is 15.1. The van der Waals surface area contributed by atoms with Gasteiger partial charge in [-0.1, -0.05) is 34.1 Å². The van der Waals surface area contributed by atoms with Crippen LogP contribution in [-0.2, 0) is 0 Å². The summed E-state index contributed by atoms with van der Waals surface area (Å²) in [6, 6.07) is 0. The smallest absolute Gasteiger partial charge is 0.242 e. The number of aromatic nitrogens is 2.